The summed E-state index contributed by atoms with van der Waals surface area (Å²) in [6.07, 6.45) is 0. The zero-order chi connectivity index (χ0) is 33.7. The molecule has 0 fully saturated rings. The number of hydrogen-bond acceptors (Lipinski definition) is 3. The Hall–Kier alpha value is -6.84. The molecule has 0 saturated carbocycles. The molecule has 10 rings (SSSR count). The van der Waals surface area contributed by atoms with Crippen molar-refractivity contribution in [2.24, 2.45) is 0 Å². The standard InChI is InChI=1S/C48H31NO2/c1-3-13-32(14-4-1)37-17-7-8-18-38(37)34-23-26-44(41(29-34)33-15-5-2-6-16-33)49(35-24-27-47-42(30-35)39-19-9-11-21-45(39)50-47)36-25-28-48-43(31-36)40-20-10-12-22-46(40)51-48/h1-31H. The fraction of sp³-hybridized carbons (Fsp3) is 0. The van der Waals surface area contributed by atoms with Crippen LogP contribution in [0.25, 0.3) is 77.3 Å². The SMILES string of the molecule is c1ccc(-c2ccccc2-c2ccc(N(c3ccc4oc5ccccc5c4c3)c3ccc4oc5ccccc5c4c3)c(-c3ccccc3)c2)cc1. The van der Waals surface area contributed by atoms with Crippen molar-refractivity contribution in [2.75, 3.05) is 4.90 Å². The van der Waals surface area contributed by atoms with E-state index in [4.69, 9.17) is 8.83 Å². The van der Waals surface area contributed by atoms with Crippen LogP contribution in [-0.4, -0.2) is 0 Å². The summed E-state index contributed by atoms with van der Waals surface area (Å²) in [5.74, 6) is 0. The van der Waals surface area contributed by atoms with E-state index in [1.54, 1.807) is 0 Å². The Morgan fingerprint density at radius 2 is 0.745 bits per heavy atom. The molecular formula is C48H31NO2. The van der Waals surface area contributed by atoms with E-state index in [0.717, 1.165) is 77.6 Å². The highest BCUT2D eigenvalue weighted by molar-refractivity contribution is 6.09. The topological polar surface area (TPSA) is 29.5 Å². The van der Waals surface area contributed by atoms with E-state index in [2.05, 4.69) is 169 Å². The van der Waals surface area contributed by atoms with Crippen molar-refractivity contribution in [3.8, 4) is 33.4 Å². The number of hydrogen-bond donors (Lipinski definition) is 0. The molecule has 0 aliphatic rings. The molecule has 0 bridgehead atoms. The predicted molar refractivity (Wildman–Crippen MR) is 212 cm³/mol. The lowest BCUT2D eigenvalue weighted by molar-refractivity contribution is 0.668. The first-order valence-corrected chi connectivity index (χ1v) is 17.3. The normalized spacial score (nSPS) is 11.5. The lowest BCUT2D eigenvalue weighted by Gasteiger charge is -2.28. The highest BCUT2D eigenvalue weighted by Gasteiger charge is 2.21. The van der Waals surface area contributed by atoms with E-state index >= 15 is 0 Å². The van der Waals surface area contributed by atoms with Crippen LogP contribution in [-0.2, 0) is 0 Å². The molecule has 0 N–H and O–H groups in total. The molecular weight excluding hydrogens is 623 g/mol. The van der Waals surface area contributed by atoms with Crippen LogP contribution in [0.4, 0.5) is 17.1 Å². The van der Waals surface area contributed by atoms with Crippen molar-refractivity contribution in [1.82, 2.24) is 0 Å². The maximum atomic E-state index is 6.27. The van der Waals surface area contributed by atoms with Gasteiger partial charge in [0.2, 0.25) is 0 Å². The van der Waals surface area contributed by atoms with Crippen molar-refractivity contribution in [1.29, 1.82) is 0 Å². The molecule has 51 heavy (non-hydrogen) atoms. The third-order valence-electron chi connectivity index (χ3n) is 9.88. The first-order valence-electron chi connectivity index (χ1n) is 17.3. The summed E-state index contributed by atoms with van der Waals surface area (Å²) < 4.78 is 12.5. The van der Waals surface area contributed by atoms with Gasteiger partial charge < -0.3 is 13.7 Å². The lowest BCUT2D eigenvalue weighted by atomic mass is 9.91. The van der Waals surface area contributed by atoms with Crippen molar-refractivity contribution < 1.29 is 8.83 Å². The van der Waals surface area contributed by atoms with E-state index in [9.17, 15) is 0 Å². The van der Waals surface area contributed by atoms with Gasteiger partial charge in [0.15, 0.2) is 0 Å². The zero-order valence-electron chi connectivity index (χ0n) is 27.7. The molecule has 0 unspecified atom stereocenters. The minimum Gasteiger partial charge on any atom is -0.456 e. The molecule has 0 atom stereocenters. The van der Waals surface area contributed by atoms with Crippen LogP contribution in [0.5, 0.6) is 0 Å². The van der Waals surface area contributed by atoms with E-state index in [1.807, 2.05) is 24.3 Å². The summed E-state index contributed by atoms with van der Waals surface area (Å²) in [4.78, 5) is 2.37. The van der Waals surface area contributed by atoms with Crippen LogP contribution >= 0.6 is 0 Å². The summed E-state index contributed by atoms with van der Waals surface area (Å²) in [6.45, 7) is 0. The quantitative estimate of drug-likeness (QED) is 0.179. The number of para-hydroxylation sites is 2. The van der Waals surface area contributed by atoms with Crippen molar-refractivity contribution in [3.05, 3.63) is 188 Å². The van der Waals surface area contributed by atoms with Gasteiger partial charge in [-0.25, -0.2) is 0 Å². The van der Waals surface area contributed by atoms with E-state index in [-0.39, 0.29) is 0 Å². The maximum Gasteiger partial charge on any atom is 0.135 e. The first-order chi connectivity index (χ1) is 25.3. The average Bonchev–Trinajstić information content (AvgIpc) is 3.77. The van der Waals surface area contributed by atoms with Gasteiger partial charge in [0.05, 0.1) is 5.69 Å². The minimum atomic E-state index is 0.868. The van der Waals surface area contributed by atoms with Crippen LogP contribution in [0.3, 0.4) is 0 Å². The monoisotopic (exact) mass is 653 g/mol. The molecule has 0 spiro atoms. The summed E-state index contributed by atoms with van der Waals surface area (Å²) in [6, 6.07) is 66.4. The fourth-order valence-electron chi connectivity index (χ4n) is 7.49. The summed E-state index contributed by atoms with van der Waals surface area (Å²) in [7, 11) is 0. The number of nitrogens with zero attached hydrogens (tertiary/aromatic N) is 1. The second-order valence-corrected chi connectivity index (χ2v) is 12.9. The molecule has 0 radical (unpaired) electrons. The van der Waals surface area contributed by atoms with Gasteiger partial charge in [-0.15, -0.1) is 0 Å². The average molecular weight is 654 g/mol. The molecule has 8 aromatic carbocycles. The van der Waals surface area contributed by atoms with Crippen molar-refractivity contribution in [3.63, 3.8) is 0 Å². The van der Waals surface area contributed by atoms with Gasteiger partial charge in [0, 0.05) is 38.5 Å². The molecule has 240 valence electrons. The van der Waals surface area contributed by atoms with Gasteiger partial charge in [-0.2, -0.15) is 0 Å². The number of rotatable bonds is 6. The molecule has 0 saturated heterocycles. The summed E-state index contributed by atoms with van der Waals surface area (Å²) >= 11 is 0. The minimum absolute atomic E-state index is 0.868. The van der Waals surface area contributed by atoms with Gasteiger partial charge in [0.25, 0.3) is 0 Å². The van der Waals surface area contributed by atoms with Crippen molar-refractivity contribution in [2.45, 2.75) is 0 Å². The first kappa shape index (κ1) is 29.1. The molecule has 0 aliphatic carbocycles. The number of benzene rings is 8. The Morgan fingerprint density at radius 3 is 1.31 bits per heavy atom. The summed E-state index contributed by atoms with van der Waals surface area (Å²) in [5.41, 5.74) is 13.7. The zero-order valence-corrected chi connectivity index (χ0v) is 27.7. The van der Waals surface area contributed by atoms with E-state index in [1.165, 1.54) is 16.7 Å². The van der Waals surface area contributed by atoms with Crippen LogP contribution in [0.2, 0.25) is 0 Å². The molecule has 10 aromatic rings. The van der Waals surface area contributed by atoms with Crippen LogP contribution in [0.15, 0.2) is 197 Å². The second-order valence-electron chi connectivity index (χ2n) is 12.9. The van der Waals surface area contributed by atoms with Crippen molar-refractivity contribution >= 4 is 60.9 Å². The third kappa shape index (κ3) is 4.98. The van der Waals surface area contributed by atoms with Gasteiger partial charge in [-0.1, -0.05) is 127 Å². The van der Waals surface area contributed by atoms with Crippen LogP contribution in [0.1, 0.15) is 0 Å². The Morgan fingerprint density at radius 1 is 0.294 bits per heavy atom. The molecule has 0 amide bonds. The third-order valence-corrected chi connectivity index (χ3v) is 9.88. The smallest absolute Gasteiger partial charge is 0.135 e. The molecule has 2 heterocycles. The van der Waals surface area contributed by atoms with E-state index < -0.39 is 0 Å². The molecule has 2 aromatic heterocycles. The Balaban J connectivity index is 1.24. The number of fused-ring (bicyclic) bond motifs is 6. The second kappa shape index (κ2) is 11.9. The molecule has 3 heteroatoms. The number of furan rings is 2. The fourth-order valence-corrected chi connectivity index (χ4v) is 7.49. The van der Waals surface area contributed by atoms with Gasteiger partial charge in [0.1, 0.15) is 22.3 Å². The Kier molecular flexibility index (Phi) is 6.81. The molecule has 0 aliphatic heterocycles. The van der Waals surface area contributed by atoms with Crippen LogP contribution < -0.4 is 4.90 Å². The van der Waals surface area contributed by atoms with E-state index in [0.29, 0.717) is 0 Å². The maximum absolute atomic E-state index is 6.27. The van der Waals surface area contributed by atoms with Gasteiger partial charge >= 0.3 is 0 Å². The van der Waals surface area contributed by atoms with Gasteiger partial charge in [-0.05, 0) is 88.5 Å². The Bertz CT molecular complexity index is 2750. The highest BCUT2D eigenvalue weighted by Crippen LogP contribution is 2.46. The largest absolute Gasteiger partial charge is 0.456 e. The predicted octanol–water partition coefficient (Wildman–Crippen LogP) is 14.0. The van der Waals surface area contributed by atoms with Crippen LogP contribution in [0, 0.1) is 0 Å². The molecule has 3 nitrogen and oxygen atoms in total. The Labute approximate surface area is 295 Å². The highest BCUT2D eigenvalue weighted by atomic mass is 16.3. The summed E-state index contributed by atoms with van der Waals surface area (Å²) in [5, 5.41) is 4.36. The van der Waals surface area contributed by atoms with Gasteiger partial charge in [-0.3, -0.25) is 0 Å². The number of anilines is 3. The lowest BCUT2D eigenvalue weighted by Crippen LogP contribution is -2.11.